The molecule has 1 aromatic carbocycles. The Bertz CT molecular complexity index is 1430. The molecule has 2 atom stereocenters. The molecule has 11 nitrogen and oxygen atoms in total. The van der Waals surface area contributed by atoms with Gasteiger partial charge in [0.25, 0.3) is 0 Å². The van der Waals surface area contributed by atoms with Crippen LogP contribution in [-0.2, 0) is 24.6 Å². The van der Waals surface area contributed by atoms with Crippen molar-refractivity contribution in [3.05, 3.63) is 47.2 Å². The molecule has 3 fully saturated rings. The van der Waals surface area contributed by atoms with Gasteiger partial charge in [-0.25, -0.2) is 16.8 Å². The maximum Gasteiger partial charge on any atom is 0.244 e. The third-order valence-corrected chi connectivity index (χ3v) is 12.9. The highest BCUT2D eigenvalue weighted by Gasteiger charge is 2.54. The lowest BCUT2D eigenvalue weighted by atomic mass is 9.88. The summed E-state index contributed by atoms with van der Waals surface area (Å²) in [5.74, 6) is 0.331. The molecule has 2 aromatic rings. The Balaban J connectivity index is 1.07. The molecular formula is C26H34BrN3O8S2. The molecule has 3 N–H and O–H groups in total. The fourth-order valence-electron chi connectivity index (χ4n) is 5.33. The van der Waals surface area contributed by atoms with Crippen molar-refractivity contribution >= 4 is 35.8 Å². The highest BCUT2D eigenvalue weighted by molar-refractivity contribution is 9.10. The highest BCUT2D eigenvalue weighted by atomic mass is 79.9. The molecule has 1 aliphatic carbocycles. The second-order valence-electron chi connectivity index (χ2n) is 10.8. The second-order valence-corrected chi connectivity index (χ2v) is 16.0. The molecule has 0 radical (unpaired) electrons. The first-order valence-electron chi connectivity index (χ1n) is 13.2. The van der Waals surface area contributed by atoms with Crippen molar-refractivity contribution in [2.45, 2.75) is 64.4 Å². The topological polar surface area (TPSA) is 155 Å². The molecule has 2 saturated heterocycles. The summed E-state index contributed by atoms with van der Waals surface area (Å²) in [5, 5.41) is 23.3. The summed E-state index contributed by atoms with van der Waals surface area (Å²) in [4.78, 5) is 4.23. The summed E-state index contributed by atoms with van der Waals surface area (Å²) in [6.07, 6.45) is 4.80. The van der Waals surface area contributed by atoms with Crippen molar-refractivity contribution in [1.29, 1.82) is 0 Å². The van der Waals surface area contributed by atoms with Crippen LogP contribution in [0.15, 0.2) is 57.0 Å². The molecule has 2 aliphatic heterocycles. The summed E-state index contributed by atoms with van der Waals surface area (Å²) < 4.78 is 64.5. The molecule has 0 bridgehead atoms. The van der Waals surface area contributed by atoms with Crippen LogP contribution < -0.4 is 10.1 Å². The number of nitrogens with one attached hydrogen (secondary N) is 1. The van der Waals surface area contributed by atoms with E-state index in [1.54, 1.807) is 24.4 Å². The van der Waals surface area contributed by atoms with Gasteiger partial charge in [0.2, 0.25) is 10.0 Å². The summed E-state index contributed by atoms with van der Waals surface area (Å²) in [7, 11) is -7.29. The third kappa shape index (κ3) is 6.09. The number of aliphatic hydroxyl groups excluding tert-OH is 2. The number of aliphatic hydroxyl groups is 2. The average molecular weight is 661 g/mol. The van der Waals surface area contributed by atoms with Gasteiger partial charge in [0.1, 0.15) is 23.4 Å². The number of sulfone groups is 1. The van der Waals surface area contributed by atoms with Gasteiger partial charge in [-0.15, -0.1) is 0 Å². The molecule has 3 heterocycles. The number of ether oxygens (including phenoxy) is 2. The maximum atomic E-state index is 13.0. The van der Waals surface area contributed by atoms with Gasteiger partial charge in [-0.1, -0.05) is 6.07 Å². The molecule has 0 amide bonds. The van der Waals surface area contributed by atoms with E-state index >= 15 is 0 Å². The van der Waals surface area contributed by atoms with Crippen LogP contribution in [0.2, 0.25) is 0 Å². The van der Waals surface area contributed by atoms with E-state index in [0.717, 1.165) is 0 Å². The van der Waals surface area contributed by atoms with Crippen LogP contribution >= 0.6 is 15.9 Å². The third-order valence-electron chi connectivity index (χ3n) is 8.03. The van der Waals surface area contributed by atoms with Crippen LogP contribution in [0.4, 0.5) is 0 Å². The summed E-state index contributed by atoms with van der Waals surface area (Å²) in [6.45, 7) is 0.989. The Kier molecular flexibility index (Phi) is 8.62. The van der Waals surface area contributed by atoms with E-state index < -0.39 is 42.9 Å². The minimum atomic E-state index is -3.66. The van der Waals surface area contributed by atoms with Gasteiger partial charge in [-0.2, -0.15) is 4.31 Å². The monoisotopic (exact) mass is 659 g/mol. The van der Waals surface area contributed by atoms with E-state index in [9.17, 15) is 27.0 Å². The lowest BCUT2D eigenvalue weighted by molar-refractivity contribution is -0.0312. The standard InChI is InChI=1S/C26H34BrN3O8S2/c27-19-10-24(15-28-13-19)40(35,36)30-8-6-25(7-9-30)12-20(16-38-25)29-14-21(32)17-37-22-2-1-3-23(11-22)39(33,34)26(18-31)4-5-26/h1-3,10-11,13,15,20-21,29,31-32H,4-9,12,14,16-18H2/t20-,21?/m1/s1. The first-order valence-corrected chi connectivity index (χ1v) is 16.9. The molecule has 220 valence electrons. The van der Waals surface area contributed by atoms with Gasteiger partial charge in [0, 0.05) is 42.5 Å². The predicted octanol–water partition coefficient (Wildman–Crippen LogP) is 1.48. The fraction of sp³-hybridized carbons (Fsp3) is 0.577. The summed E-state index contributed by atoms with van der Waals surface area (Å²) in [6, 6.07) is 7.69. The number of pyridine rings is 1. The number of sulfonamides is 1. The molecular weight excluding hydrogens is 626 g/mol. The van der Waals surface area contributed by atoms with Crippen LogP contribution in [0, 0.1) is 0 Å². The number of hydrogen-bond acceptors (Lipinski definition) is 10. The molecule has 1 spiro atoms. The predicted molar refractivity (Wildman–Crippen MR) is 149 cm³/mol. The molecule has 5 rings (SSSR count). The van der Waals surface area contributed by atoms with Crippen molar-refractivity contribution in [3.63, 3.8) is 0 Å². The normalized spacial score (nSPS) is 23.2. The largest absolute Gasteiger partial charge is 0.491 e. The van der Waals surface area contributed by atoms with Gasteiger partial charge in [0.15, 0.2) is 9.84 Å². The lowest BCUT2D eigenvalue weighted by Crippen LogP contribution is -2.47. The van der Waals surface area contributed by atoms with Gasteiger partial charge in [0.05, 0.1) is 28.5 Å². The number of rotatable bonds is 11. The molecule has 1 aromatic heterocycles. The van der Waals surface area contributed by atoms with E-state index in [4.69, 9.17) is 9.47 Å². The Hall–Kier alpha value is -1.65. The van der Waals surface area contributed by atoms with E-state index in [-0.39, 0.29) is 29.0 Å². The lowest BCUT2D eigenvalue weighted by Gasteiger charge is -2.38. The summed E-state index contributed by atoms with van der Waals surface area (Å²) in [5.41, 5.74) is -0.403. The van der Waals surface area contributed by atoms with Crippen molar-refractivity contribution in [2.24, 2.45) is 0 Å². The van der Waals surface area contributed by atoms with E-state index in [0.29, 0.717) is 62.0 Å². The Morgan fingerprint density at radius 1 is 1.12 bits per heavy atom. The van der Waals surface area contributed by atoms with Crippen LogP contribution in [0.25, 0.3) is 0 Å². The van der Waals surface area contributed by atoms with Crippen molar-refractivity contribution < 1.29 is 36.5 Å². The quantitative estimate of drug-likeness (QED) is 0.323. The van der Waals surface area contributed by atoms with Crippen LogP contribution in [-0.4, -0.2) is 98.3 Å². The van der Waals surface area contributed by atoms with Crippen LogP contribution in [0.5, 0.6) is 5.75 Å². The molecule has 14 heteroatoms. The van der Waals surface area contributed by atoms with E-state index in [2.05, 4.69) is 26.2 Å². The molecule has 3 aliphatic rings. The average Bonchev–Trinajstić information content (AvgIpc) is 3.67. The number of aromatic nitrogens is 1. The first-order chi connectivity index (χ1) is 19.0. The summed E-state index contributed by atoms with van der Waals surface area (Å²) >= 11 is 3.27. The van der Waals surface area contributed by atoms with Crippen molar-refractivity contribution in [1.82, 2.24) is 14.6 Å². The first kappa shape index (κ1) is 29.8. The van der Waals surface area contributed by atoms with Crippen molar-refractivity contribution in [2.75, 3.05) is 39.5 Å². The zero-order chi connectivity index (χ0) is 28.6. The number of piperidine rings is 1. The van der Waals surface area contributed by atoms with Gasteiger partial charge >= 0.3 is 0 Å². The minimum Gasteiger partial charge on any atom is -0.491 e. The number of nitrogens with zero attached hydrogens (tertiary/aromatic N) is 2. The van der Waals surface area contributed by atoms with Gasteiger partial charge < -0.3 is 25.0 Å². The zero-order valence-corrected chi connectivity index (χ0v) is 25.1. The van der Waals surface area contributed by atoms with E-state index in [1.807, 2.05) is 0 Å². The van der Waals surface area contributed by atoms with Crippen LogP contribution in [0.1, 0.15) is 32.1 Å². The highest BCUT2D eigenvalue weighted by Crippen LogP contribution is 2.46. The smallest absolute Gasteiger partial charge is 0.244 e. The Labute approximate surface area is 243 Å². The van der Waals surface area contributed by atoms with Gasteiger partial charge in [-0.05, 0) is 72.3 Å². The minimum absolute atomic E-state index is 0.00812. The maximum absolute atomic E-state index is 13.0. The SMILES string of the molecule is O=S(=O)(c1cncc(Br)c1)N1CCC2(CC1)C[C@@H](NCC(O)COc1cccc(S(=O)(=O)C3(CO)CC3)c1)CO2. The Morgan fingerprint density at radius 2 is 1.88 bits per heavy atom. The number of hydrogen-bond donors (Lipinski definition) is 3. The molecule has 1 saturated carbocycles. The number of halogens is 1. The molecule has 40 heavy (non-hydrogen) atoms. The van der Waals surface area contributed by atoms with Crippen molar-refractivity contribution in [3.8, 4) is 5.75 Å². The Morgan fingerprint density at radius 3 is 2.55 bits per heavy atom. The van der Waals surface area contributed by atoms with Crippen LogP contribution in [0.3, 0.4) is 0 Å². The number of benzene rings is 1. The second kappa shape index (κ2) is 11.6. The van der Waals surface area contributed by atoms with E-state index in [1.165, 1.54) is 22.6 Å². The molecule has 1 unspecified atom stereocenters. The fourth-order valence-corrected chi connectivity index (χ4v) is 9.11. The zero-order valence-electron chi connectivity index (χ0n) is 21.9. The van der Waals surface area contributed by atoms with Gasteiger partial charge in [-0.3, -0.25) is 4.98 Å².